The lowest BCUT2D eigenvalue weighted by molar-refractivity contribution is -0.163. The molecule has 0 aliphatic rings. The van der Waals surface area contributed by atoms with Gasteiger partial charge in [-0.15, -0.1) is 0 Å². The van der Waals surface area contributed by atoms with Crippen LogP contribution in [0.25, 0.3) is 0 Å². The van der Waals surface area contributed by atoms with Crippen molar-refractivity contribution in [2.75, 3.05) is 19.8 Å². The van der Waals surface area contributed by atoms with Gasteiger partial charge in [-0.2, -0.15) is 0 Å². The molecule has 0 saturated heterocycles. The highest BCUT2D eigenvalue weighted by atomic mass is 16.6. The summed E-state index contributed by atoms with van der Waals surface area (Å²) in [6.07, 6.45) is 69.2. The Balaban J connectivity index is 4.45. The Kier molecular flexibility index (Phi) is 46.6. The van der Waals surface area contributed by atoms with E-state index in [9.17, 15) is 9.59 Å². The molecule has 0 aromatic heterocycles. The first-order chi connectivity index (χ1) is 29.6. The fourth-order valence-corrected chi connectivity index (χ4v) is 5.95. The number of esters is 2. The second-order valence-electron chi connectivity index (χ2n) is 15.2. The van der Waals surface area contributed by atoms with Crippen LogP contribution in [0.4, 0.5) is 0 Å². The largest absolute Gasteiger partial charge is 0.462 e. The van der Waals surface area contributed by atoms with Gasteiger partial charge in [-0.25, -0.2) is 0 Å². The average Bonchev–Trinajstić information content (AvgIpc) is 3.25. The Hall–Kier alpha value is -3.70. The lowest BCUT2D eigenvalue weighted by Gasteiger charge is -2.18. The molecule has 0 fully saturated rings. The van der Waals surface area contributed by atoms with E-state index in [1.165, 1.54) is 38.5 Å². The summed E-state index contributed by atoms with van der Waals surface area (Å²) < 4.78 is 17.3. The molecular formula is C55H88O5. The molecule has 5 nitrogen and oxygen atoms in total. The Morgan fingerprint density at radius 3 is 1.25 bits per heavy atom. The van der Waals surface area contributed by atoms with Crippen LogP contribution in [0.15, 0.2) is 122 Å². The Labute approximate surface area is 369 Å². The van der Waals surface area contributed by atoms with E-state index in [-0.39, 0.29) is 25.2 Å². The molecule has 1 unspecified atom stereocenters. The number of carbonyl (C=O) groups is 2. The summed E-state index contributed by atoms with van der Waals surface area (Å²) in [6.45, 7) is 7.40. The minimum Gasteiger partial charge on any atom is -0.462 e. The molecule has 0 radical (unpaired) electrons. The first kappa shape index (κ1) is 56.3. The van der Waals surface area contributed by atoms with Crippen LogP contribution in [0.1, 0.15) is 188 Å². The molecule has 1 atom stereocenters. The number of rotatable bonds is 42. The third-order valence-corrected chi connectivity index (χ3v) is 9.44. The van der Waals surface area contributed by atoms with E-state index in [1.807, 2.05) is 0 Å². The van der Waals surface area contributed by atoms with Gasteiger partial charge in [-0.3, -0.25) is 9.59 Å². The molecule has 338 valence electrons. The SMILES string of the molecule is CC/C=C\C/C=C\C/C=C\C/C=C\C/C=C\CCCC(=O)OCC(COCCCCCCCC/C=C\C/C=C\CCC)OC(=O)CCCCC/C=C\C/C=C\C/C=C\CC. The number of allylic oxidation sites excluding steroid dienone is 20. The zero-order chi connectivity index (χ0) is 43.5. The van der Waals surface area contributed by atoms with Crippen molar-refractivity contribution in [1.29, 1.82) is 0 Å². The number of unbranched alkanes of at least 4 members (excludes halogenated alkanes) is 11. The van der Waals surface area contributed by atoms with Crippen molar-refractivity contribution in [2.24, 2.45) is 0 Å². The smallest absolute Gasteiger partial charge is 0.306 e. The summed E-state index contributed by atoms with van der Waals surface area (Å²) in [7, 11) is 0. The normalized spacial score (nSPS) is 13.3. The third kappa shape index (κ3) is 47.0. The molecule has 0 aromatic rings. The summed E-state index contributed by atoms with van der Waals surface area (Å²) >= 11 is 0. The first-order valence-corrected chi connectivity index (χ1v) is 24.1. The topological polar surface area (TPSA) is 61.8 Å². The maximum atomic E-state index is 12.7. The highest BCUT2D eigenvalue weighted by Gasteiger charge is 2.17. The van der Waals surface area contributed by atoms with Gasteiger partial charge in [0.2, 0.25) is 0 Å². The molecule has 5 heteroatoms. The van der Waals surface area contributed by atoms with Crippen molar-refractivity contribution < 1.29 is 23.8 Å². The lowest BCUT2D eigenvalue weighted by Crippen LogP contribution is -2.30. The van der Waals surface area contributed by atoms with E-state index in [0.29, 0.717) is 19.4 Å². The summed E-state index contributed by atoms with van der Waals surface area (Å²) in [6, 6.07) is 0. The van der Waals surface area contributed by atoms with Crippen molar-refractivity contribution in [1.82, 2.24) is 0 Å². The van der Waals surface area contributed by atoms with Gasteiger partial charge in [-0.05, 0) is 116 Å². The molecular weight excluding hydrogens is 741 g/mol. The average molecular weight is 829 g/mol. The summed E-state index contributed by atoms with van der Waals surface area (Å²) in [5, 5.41) is 0. The van der Waals surface area contributed by atoms with Crippen LogP contribution in [0.2, 0.25) is 0 Å². The van der Waals surface area contributed by atoms with Gasteiger partial charge in [0.25, 0.3) is 0 Å². The summed E-state index contributed by atoms with van der Waals surface area (Å²) in [5.74, 6) is -0.516. The molecule has 0 heterocycles. The number of carbonyl (C=O) groups excluding carboxylic acids is 2. The van der Waals surface area contributed by atoms with Crippen LogP contribution in [-0.2, 0) is 23.8 Å². The maximum Gasteiger partial charge on any atom is 0.306 e. The summed E-state index contributed by atoms with van der Waals surface area (Å²) in [5.41, 5.74) is 0. The highest BCUT2D eigenvalue weighted by molar-refractivity contribution is 5.70. The van der Waals surface area contributed by atoms with E-state index in [2.05, 4.69) is 142 Å². The van der Waals surface area contributed by atoms with Gasteiger partial charge in [0.1, 0.15) is 6.61 Å². The standard InChI is InChI=1S/C55H88O5/c1-4-7-10-13-16-19-22-25-27-28-29-31-33-36-39-42-45-48-54(56)59-52-53(51-58-50-47-44-41-38-35-32-26-23-20-17-14-11-8-5-2)60-55(57)49-46-43-40-37-34-30-24-21-18-15-12-9-6-3/h7,9-12,14,16,18-21,23,25,27,29-31,34,36,39,53H,4-6,8,13,15,17,22,24,26,28,32-33,35,37-38,40-52H2,1-3H3/b10-7-,12-9-,14-11-,19-16-,21-18-,23-20-,27-25-,31-29-,34-30-,39-36-. The molecule has 0 aliphatic carbocycles. The van der Waals surface area contributed by atoms with E-state index < -0.39 is 6.10 Å². The molecule has 0 aromatic carbocycles. The first-order valence-electron chi connectivity index (χ1n) is 24.1. The summed E-state index contributed by atoms with van der Waals surface area (Å²) in [4.78, 5) is 25.3. The van der Waals surface area contributed by atoms with Crippen LogP contribution < -0.4 is 0 Å². The minimum atomic E-state index is -0.587. The lowest BCUT2D eigenvalue weighted by atomic mass is 10.1. The van der Waals surface area contributed by atoms with Crippen molar-refractivity contribution in [3.8, 4) is 0 Å². The molecule has 0 bridgehead atoms. The Bertz CT molecular complexity index is 1260. The Morgan fingerprint density at radius 2 is 0.767 bits per heavy atom. The quantitative estimate of drug-likeness (QED) is 0.0348. The molecule has 0 N–H and O–H groups in total. The van der Waals surface area contributed by atoms with Gasteiger partial charge in [0.15, 0.2) is 6.10 Å². The molecule has 60 heavy (non-hydrogen) atoms. The van der Waals surface area contributed by atoms with E-state index in [1.54, 1.807) is 0 Å². The molecule has 0 spiro atoms. The van der Waals surface area contributed by atoms with Gasteiger partial charge >= 0.3 is 11.9 Å². The van der Waals surface area contributed by atoms with Crippen LogP contribution in [0, 0.1) is 0 Å². The predicted molar refractivity (Wildman–Crippen MR) is 260 cm³/mol. The number of hydrogen-bond acceptors (Lipinski definition) is 5. The fourth-order valence-electron chi connectivity index (χ4n) is 5.95. The Morgan fingerprint density at radius 1 is 0.383 bits per heavy atom. The van der Waals surface area contributed by atoms with E-state index in [0.717, 1.165) is 116 Å². The monoisotopic (exact) mass is 829 g/mol. The zero-order valence-electron chi connectivity index (χ0n) is 38.7. The molecule has 0 saturated carbocycles. The van der Waals surface area contributed by atoms with E-state index in [4.69, 9.17) is 14.2 Å². The van der Waals surface area contributed by atoms with Gasteiger partial charge < -0.3 is 14.2 Å². The van der Waals surface area contributed by atoms with Gasteiger partial charge in [-0.1, -0.05) is 181 Å². The minimum absolute atomic E-state index is 0.0316. The van der Waals surface area contributed by atoms with Crippen molar-refractivity contribution in [2.45, 2.75) is 194 Å². The van der Waals surface area contributed by atoms with Crippen LogP contribution in [0.5, 0.6) is 0 Å². The highest BCUT2D eigenvalue weighted by Crippen LogP contribution is 2.11. The van der Waals surface area contributed by atoms with Gasteiger partial charge in [0.05, 0.1) is 6.61 Å². The van der Waals surface area contributed by atoms with Crippen molar-refractivity contribution >= 4 is 11.9 Å². The molecule has 0 amide bonds. The van der Waals surface area contributed by atoms with Crippen LogP contribution in [0.3, 0.4) is 0 Å². The second-order valence-corrected chi connectivity index (χ2v) is 15.2. The van der Waals surface area contributed by atoms with E-state index >= 15 is 0 Å². The second kappa shape index (κ2) is 49.7. The maximum absolute atomic E-state index is 12.7. The predicted octanol–water partition coefficient (Wildman–Crippen LogP) is 16.2. The van der Waals surface area contributed by atoms with Crippen LogP contribution >= 0.6 is 0 Å². The van der Waals surface area contributed by atoms with Crippen molar-refractivity contribution in [3.63, 3.8) is 0 Å². The zero-order valence-corrected chi connectivity index (χ0v) is 38.7. The third-order valence-electron chi connectivity index (χ3n) is 9.44. The molecule has 0 aliphatic heterocycles. The van der Waals surface area contributed by atoms with Crippen LogP contribution in [-0.4, -0.2) is 37.9 Å². The molecule has 0 rings (SSSR count). The number of hydrogen-bond donors (Lipinski definition) is 0. The number of ether oxygens (including phenoxy) is 3. The van der Waals surface area contributed by atoms with Crippen molar-refractivity contribution in [3.05, 3.63) is 122 Å². The fraction of sp³-hybridized carbons (Fsp3) is 0.600. The van der Waals surface area contributed by atoms with Gasteiger partial charge in [0, 0.05) is 19.4 Å².